The quantitative estimate of drug-likeness (QED) is 0.925. The lowest BCUT2D eigenvalue weighted by Crippen LogP contribution is -2.39. The summed E-state index contributed by atoms with van der Waals surface area (Å²) in [6.45, 7) is 3.71. The molecular formula is C18H21N3O2. The lowest BCUT2D eigenvalue weighted by molar-refractivity contribution is -0.133. The van der Waals surface area contributed by atoms with Gasteiger partial charge < -0.3 is 9.88 Å². The van der Waals surface area contributed by atoms with Gasteiger partial charge in [-0.05, 0) is 43.4 Å². The number of carbonyl (C=O) groups is 1. The van der Waals surface area contributed by atoms with Crippen LogP contribution >= 0.6 is 0 Å². The number of H-pyrrole nitrogens is 1. The van der Waals surface area contributed by atoms with E-state index in [-0.39, 0.29) is 11.5 Å². The summed E-state index contributed by atoms with van der Waals surface area (Å²) < 4.78 is 0. The number of piperidine rings is 1. The van der Waals surface area contributed by atoms with E-state index in [2.05, 4.69) is 16.9 Å². The van der Waals surface area contributed by atoms with Crippen LogP contribution in [0.1, 0.15) is 37.8 Å². The number of fused-ring (bicyclic) bond motifs is 1. The molecule has 0 radical (unpaired) electrons. The van der Waals surface area contributed by atoms with Gasteiger partial charge in [0.05, 0.1) is 10.9 Å². The van der Waals surface area contributed by atoms with Crippen LogP contribution < -0.4 is 5.56 Å². The van der Waals surface area contributed by atoms with Crippen LogP contribution in [0.3, 0.4) is 0 Å². The fraction of sp³-hybridized carbons (Fsp3) is 0.500. The average molecular weight is 311 g/mol. The van der Waals surface area contributed by atoms with Crippen LogP contribution in [0.5, 0.6) is 0 Å². The first-order chi connectivity index (χ1) is 11.1. The number of nitrogens with one attached hydrogen (secondary N) is 1. The molecule has 0 bridgehead atoms. The molecule has 0 spiro atoms. The van der Waals surface area contributed by atoms with Crippen molar-refractivity contribution in [3.8, 4) is 0 Å². The van der Waals surface area contributed by atoms with Gasteiger partial charge in [0.15, 0.2) is 0 Å². The first-order valence-electron chi connectivity index (χ1n) is 8.40. The van der Waals surface area contributed by atoms with E-state index in [1.807, 2.05) is 11.0 Å². The van der Waals surface area contributed by atoms with Crippen LogP contribution in [0.4, 0.5) is 0 Å². The molecule has 3 heterocycles. The predicted octanol–water partition coefficient (Wildman–Crippen LogP) is 2.29. The first kappa shape index (κ1) is 14.4. The Morgan fingerprint density at radius 1 is 1.35 bits per heavy atom. The van der Waals surface area contributed by atoms with Gasteiger partial charge in [0.25, 0.3) is 5.56 Å². The van der Waals surface area contributed by atoms with Gasteiger partial charge in [-0.15, -0.1) is 0 Å². The molecule has 5 nitrogen and oxygen atoms in total. The molecule has 5 heteroatoms. The molecule has 1 aliphatic carbocycles. The summed E-state index contributed by atoms with van der Waals surface area (Å²) in [6, 6.07) is 5.56. The van der Waals surface area contributed by atoms with Crippen LogP contribution in [-0.4, -0.2) is 33.9 Å². The van der Waals surface area contributed by atoms with E-state index < -0.39 is 0 Å². The third kappa shape index (κ3) is 2.64. The zero-order chi connectivity index (χ0) is 16.0. The Morgan fingerprint density at radius 3 is 2.78 bits per heavy atom. The molecule has 2 aliphatic rings. The zero-order valence-electron chi connectivity index (χ0n) is 13.3. The van der Waals surface area contributed by atoms with Gasteiger partial charge in [0, 0.05) is 36.8 Å². The fourth-order valence-electron chi connectivity index (χ4n) is 3.64. The maximum atomic E-state index is 12.3. The molecule has 120 valence electrons. The van der Waals surface area contributed by atoms with Crippen molar-refractivity contribution in [2.24, 2.45) is 11.8 Å². The summed E-state index contributed by atoms with van der Waals surface area (Å²) >= 11 is 0. The molecule has 2 aromatic rings. The minimum atomic E-state index is -0.0732. The Labute approximate surface area is 134 Å². The molecule has 23 heavy (non-hydrogen) atoms. The molecule has 0 unspecified atom stereocenters. The average Bonchev–Trinajstić information content (AvgIpc) is 3.31. The number of aromatic nitrogens is 2. The SMILES string of the molecule is C[C@H]1C[C@@H]1C(=O)N1CCC(c2cc3ncccc3c(=O)[nH]2)CC1. The second-order valence-corrected chi connectivity index (χ2v) is 6.91. The van der Waals surface area contributed by atoms with Crippen LogP contribution in [0.2, 0.25) is 0 Å². The lowest BCUT2D eigenvalue weighted by atomic mass is 9.92. The molecule has 4 rings (SSSR count). The summed E-state index contributed by atoms with van der Waals surface area (Å²) in [5.41, 5.74) is 1.63. The predicted molar refractivity (Wildman–Crippen MR) is 88.2 cm³/mol. The maximum absolute atomic E-state index is 12.3. The lowest BCUT2D eigenvalue weighted by Gasteiger charge is -2.32. The largest absolute Gasteiger partial charge is 0.342 e. The molecule has 2 atom stereocenters. The van der Waals surface area contributed by atoms with Gasteiger partial charge in [0.2, 0.25) is 5.91 Å². The molecule has 1 saturated heterocycles. The van der Waals surface area contributed by atoms with Gasteiger partial charge in [0.1, 0.15) is 0 Å². The Kier molecular flexibility index (Phi) is 3.43. The smallest absolute Gasteiger partial charge is 0.257 e. The van der Waals surface area contributed by atoms with Crippen LogP contribution in [0.25, 0.3) is 10.9 Å². The zero-order valence-corrected chi connectivity index (χ0v) is 13.3. The highest BCUT2D eigenvalue weighted by atomic mass is 16.2. The summed E-state index contributed by atoms with van der Waals surface area (Å²) in [7, 11) is 0. The van der Waals surface area contributed by atoms with E-state index in [4.69, 9.17) is 0 Å². The van der Waals surface area contributed by atoms with E-state index in [1.165, 1.54) is 0 Å². The molecular weight excluding hydrogens is 290 g/mol. The second-order valence-electron chi connectivity index (χ2n) is 6.91. The van der Waals surface area contributed by atoms with Crippen molar-refractivity contribution in [2.45, 2.75) is 32.1 Å². The monoisotopic (exact) mass is 311 g/mol. The number of carbonyl (C=O) groups excluding carboxylic acids is 1. The third-order valence-electron chi connectivity index (χ3n) is 5.31. The molecule has 1 N–H and O–H groups in total. The Balaban J connectivity index is 1.50. The van der Waals surface area contributed by atoms with Crippen LogP contribution in [-0.2, 0) is 4.79 Å². The van der Waals surface area contributed by atoms with E-state index in [1.54, 1.807) is 18.3 Å². The van der Waals surface area contributed by atoms with E-state index in [9.17, 15) is 9.59 Å². The fourth-order valence-corrected chi connectivity index (χ4v) is 3.64. The van der Waals surface area contributed by atoms with Gasteiger partial charge in [-0.3, -0.25) is 14.6 Å². The highest BCUT2D eigenvalue weighted by Gasteiger charge is 2.42. The molecule has 1 saturated carbocycles. The number of hydrogen-bond donors (Lipinski definition) is 1. The normalized spacial score (nSPS) is 24.8. The Bertz CT molecular complexity index is 805. The van der Waals surface area contributed by atoms with Crippen molar-refractivity contribution in [2.75, 3.05) is 13.1 Å². The number of amides is 1. The molecule has 1 amide bonds. The maximum Gasteiger partial charge on any atom is 0.257 e. The van der Waals surface area contributed by atoms with Crippen molar-refractivity contribution in [1.29, 1.82) is 0 Å². The van der Waals surface area contributed by atoms with E-state index in [0.717, 1.165) is 43.6 Å². The van der Waals surface area contributed by atoms with Gasteiger partial charge in [-0.1, -0.05) is 6.92 Å². The highest BCUT2D eigenvalue weighted by Crippen LogP contribution is 2.40. The van der Waals surface area contributed by atoms with Crippen molar-refractivity contribution < 1.29 is 4.79 Å². The van der Waals surface area contributed by atoms with Crippen LogP contribution in [0, 0.1) is 11.8 Å². The van der Waals surface area contributed by atoms with Crippen molar-refractivity contribution in [3.05, 3.63) is 40.4 Å². The third-order valence-corrected chi connectivity index (χ3v) is 5.31. The van der Waals surface area contributed by atoms with E-state index in [0.29, 0.717) is 23.1 Å². The molecule has 2 aromatic heterocycles. The van der Waals surface area contributed by atoms with E-state index >= 15 is 0 Å². The standard InChI is InChI=1S/C18H21N3O2/c1-11-9-14(11)18(23)21-7-4-12(5-8-21)15-10-16-13(17(22)20-15)3-2-6-19-16/h2-3,6,10-12,14H,4-5,7-9H2,1H3,(H,20,22)/t11-,14-/m0/s1. The Hall–Kier alpha value is -2.17. The number of likely N-dealkylation sites (tertiary alicyclic amines) is 1. The van der Waals surface area contributed by atoms with Crippen molar-refractivity contribution >= 4 is 16.8 Å². The number of pyridine rings is 2. The van der Waals surface area contributed by atoms with Crippen molar-refractivity contribution in [3.63, 3.8) is 0 Å². The summed E-state index contributed by atoms with van der Waals surface area (Å²) in [5, 5.41) is 0.631. The summed E-state index contributed by atoms with van der Waals surface area (Å²) in [4.78, 5) is 33.8. The topological polar surface area (TPSA) is 66.1 Å². The van der Waals surface area contributed by atoms with Gasteiger partial charge in [-0.2, -0.15) is 0 Å². The number of nitrogens with zero attached hydrogens (tertiary/aromatic N) is 2. The van der Waals surface area contributed by atoms with Crippen LogP contribution in [0.15, 0.2) is 29.2 Å². The number of rotatable bonds is 2. The Morgan fingerprint density at radius 2 is 2.09 bits per heavy atom. The number of aromatic amines is 1. The molecule has 1 aliphatic heterocycles. The number of hydrogen-bond acceptors (Lipinski definition) is 3. The summed E-state index contributed by atoms with van der Waals surface area (Å²) in [6.07, 6.45) is 4.56. The second kappa shape index (κ2) is 5.48. The van der Waals surface area contributed by atoms with Crippen molar-refractivity contribution in [1.82, 2.24) is 14.9 Å². The molecule has 0 aromatic carbocycles. The highest BCUT2D eigenvalue weighted by molar-refractivity contribution is 5.81. The van der Waals surface area contributed by atoms with Gasteiger partial charge >= 0.3 is 0 Å². The first-order valence-corrected chi connectivity index (χ1v) is 8.40. The minimum absolute atomic E-state index is 0.0732. The van der Waals surface area contributed by atoms with Gasteiger partial charge in [-0.25, -0.2) is 0 Å². The minimum Gasteiger partial charge on any atom is -0.342 e. The summed E-state index contributed by atoms with van der Waals surface area (Å²) in [5.74, 6) is 1.44. The molecule has 2 fully saturated rings.